The summed E-state index contributed by atoms with van der Waals surface area (Å²) in [5, 5.41) is 7.49. The fourth-order valence-corrected chi connectivity index (χ4v) is 4.31. The molecule has 2 amide bonds. The van der Waals surface area contributed by atoms with Crippen molar-refractivity contribution < 1.29 is 9.59 Å². The van der Waals surface area contributed by atoms with Crippen LogP contribution in [0.3, 0.4) is 0 Å². The lowest BCUT2D eigenvalue weighted by Gasteiger charge is -2.30. The zero-order valence-corrected chi connectivity index (χ0v) is 16.6. The van der Waals surface area contributed by atoms with E-state index in [2.05, 4.69) is 10.4 Å². The van der Waals surface area contributed by atoms with Crippen molar-refractivity contribution in [2.45, 2.75) is 51.1 Å². The van der Waals surface area contributed by atoms with Crippen molar-refractivity contribution in [3.8, 4) is 0 Å². The summed E-state index contributed by atoms with van der Waals surface area (Å²) in [7, 11) is 0. The van der Waals surface area contributed by atoms with Gasteiger partial charge in [-0.05, 0) is 50.8 Å². The summed E-state index contributed by atoms with van der Waals surface area (Å²) in [5.41, 5.74) is 1.59. The average molecular weight is 394 g/mol. The summed E-state index contributed by atoms with van der Waals surface area (Å²) in [5.74, 6) is -0.377. The first-order valence-electron chi connectivity index (χ1n) is 10.2. The summed E-state index contributed by atoms with van der Waals surface area (Å²) in [6, 6.07) is 12.9. The van der Waals surface area contributed by atoms with E-state index < -0.39 is 0 Å². The number of nitrogens with zero attached hydrogens (tertiary/aromatic N) is 3. The van der Waals surface area contributed by atoms with E-state index in [0.29, 0.717) is 6.54 Å². The molecule has 7 heteroatoms. The van der Waals surface area contributed by atoms with Crippen molar-refractivity contribution in [2.24, 2.45) is 5.92 Å². The quantitative estimate of drug-likeness (QED) is 0.862. The van der Waals surface area contributed by atoms with E-state index in [1.54, 1.807) is 21.7 Å². The molecule has 2 heterocycles. The first kappa shape index (κ1) is 19.4. The van der Waals surface area contributed by atoms with Crippen LogP contribution >= 0.6 is 0 Å². The molecule has 1 N–H and O–H groups in total. The third kappa shape index (κ3) is 4.23. The fourth-order valence-electron chi connectivity index (χ4n) is 4.31. The van der Waals surface area contributed by atoms with Crippen molar-refractivity contribution in [1.82, 2.24) is 15.1 Å². The van der Waals surface area contributed by atoms with Crippen LogP contribution in [-0.4, -0.2) is 34.2 Å². The van der Waals surface area contributed by atoms with Gasteiger partial charge in [-0.2, -0.15) is 5.10 Å². The van der Waals surface area contributed by atoms with Gasteiger partial charge in [0.2, 0.25) is 11.8 Å². The first-order valence-corrected chi connectivity index (χ1v) is 10.2. The van der Waals surface area contributed by atoms with E-state index in [9.17, 15) is 14.4 Å². The minimum atomic E-state index is -0.318. The van der Waals surface area contributed by atoms with Crippen molar-refractivity contribution >= 4 is 17.5 Å². The summed E-state index contributed by atoms with van der Waals surface area (Å²) in [4.78, 5) is 38.8. The second kappa shape index (κ2) is 8.19. The van der Waals surface area contributed by atoms with E-state index >= 15 is 0 Å². The molecule has 0 bridgehead atoms. The molecule has 1 aromatic heterocycles. The summed E-state index contributed by atoms with van der Waals surface area (Å²) >= 11 is 0. The maximum absolute atomic E-state index is 12.7. The Morgan fingerprint density at radius 3 is 2.48 bits per heavy atom. The maximum atomic E-state index is 12.7. The van der Waals surface area contributed by atoms with Crippen molar-refractivity contribution in [3.05, 3.63) is 58.5 Å². The lowest BCUT2D eigenvalue weighted by Crippen LogP contribution is -2.42. The molecule has 1 aliphatic carbocycles. The number of carbonyl (C=O) groups is 2. The van der Waals surface area contributed by atoms with Crippen LogP contribution in [0.1, 0.15) is 43.8 Å². The molecule has 1 aromatic carbocycles. The Morgan fingerprint density at radius 1 is 1.03 bits per heavy atom. The number of rotatable bonds is 4. The number of carbonyl (C=O) groups excluding carboxylic acids is 2. The number of aromatic nitrogens is 2. The Kier molecular flexibility index (Phi) is 5.47. The highest BCUT2D eigenvalue weighted by Gasteiger charge is 2.36. The van der Waals surface area contributed by atoms with Crippen molar-refractivity contribution in [3.63, 3.8) is 0 Å². The number of hydrogen-bond donors (Lipinski definition) is 1. The molecule has 0 radical (unpaired) electrons. The Balaban J connectivity index is 1.32. The smallest absolute Gasteiger partial charge is 0.267 e. The van der Waals surface area contributed by atoms with E-state index in [0.717, 1.165) is 37.1 Å². The third-order valence-electron chi connectivity index (χ3n) is 5.91. The number of hydrogen-bond acceptors (Lipinski definition) is 4. The third-order valence-corrected chi connectivity index (χ3v) is 5.91. The SMILES string of the molecule is Cc1ccc(=O)n(C2CCC(NC(=O)C3CC(=O)N(c4ccccc4)C3)CC2)n1. The first-order chi connectivity index (χ1) is 14.0. The van der Waals surface area contributed by atoms with Gasteiger partial charge < -0.3 is 10.2 Å². The molecule has 1 atom stereocenters. The Labute approximate surface area is 169 Å². The largest absolute Gasteiger partial charge is 0.353 e. The molecule has 29 heavy (non-hydrogen) atoms. The molecular weight excluding hydrogens is 368 g/mol. The monoisotopic (exact) mass is 394 g/mol. The molecule has 1 saturated heterocycles. The molecular formula is C22H26N4O3. The Bertz CT molecular complexity index is 948. The van der Waals surface area contributed by atoms with Crippen LogP contribution in [0.2, 0.25) is 0 Å². The van der Waals surface area contributed by atoms with Crippen LogP contribution in [0, 0.1) is 12.8 Å². The highest BCUT2D eigenvalue weighted by atomic mass is 16.2. The zero-order chi connectivity index (χ0) is 20.4. The number of aryl methyl sites for hydroxylation is 1. The van der Waals surface area contributed by atoms with E-state index in [-0.39, 0.29) is 41.8 Å². The van der Waals surface area contributed by atoms with Crippen molar-refractivity contribution in [2.75, 3.05) is 11.4 Å². The molecule has 1 aliphatic heterocycles. The molecule has 1 unspecified atom stereocenters. The molecule has 0 spiro atoms. The highest BCUT2D eigenvalue weighted by molar-refractivity contribution is 6.00. The Hall–Kier alpha value is -2.96. The van der Waals surface area contributed by atoms with E-state index in [1.165, 1.54) is 0 Å². The summed E-state index contributed by atoms with van der Waals surface area (Å²) < 4.78 is 1.58. The maximum Gasteiger partial charge on any atom is 0.267 e. The van der Waals surface area contributed by atoms with E-state index in [1.807, 2.05) is 37.3 Å². The lowest BCUT2D eigenvalue weighted by atomic mass is 9.90. The van der Waals surface area contributed by atoms with Gasteiger partial charge in [0.05, 0.1) is 17.7 Å². The van der Waals surface area contributed by atoms with Gasteiger partial charge in [-0.1, -0.05) is 18.2 Å². The van der Waals surface area contributed by atoms with Gasteiger partial charge in [-0.3, -0.25) is 14.4 Å². The van der Waals surface area contributed by atoms with Crippen LogP contribution in [0.5, 0.6) is 0 Å². The van der Waals surface area contributed by atoms with Gasteiger partial charge in [0.25, 0.3) is 5.56 Å². The average Bonchev–Trinajstić information content (AvgIpc) is 3.13. The highest BCUT2D eigenvalue weighted by Crippen LogP contribution is 2.29. The van der Waals surface area contributed by atoms with Crippen LogP contribution < -0.4 is 15.8 Å². The Morgan fingerprint density at radius 2 is 1.76 bits per heavy atom. The second-order valence-electron chi connectivity index (χ2n) is 8.01. The number of amides is 2. The molecule has 2 aromatic rings. The summed E-state index contributed by atoms with van der Waals surface area (Å²) in [6.07, 6.45) is 3.48. The second-order valence-corrected chi connectivity index (χ2v) is 8.01. The number of para-hydroxylation sites is 1. The van der Waals surface area contributed by atoms with Gasteiger partial charge >= 0.3 is 0 Å². The standard InChI is InChI=1S/C22H26N4O3/c1-15-7-12-20(27)26(24-15)19-10-8-17(9-11-19)23-22(29)16-13-21(28)25(14-16)18-5-3-2-4-6-18/h2-7,12,16-17,19H,8-11,13-14H2,1H3,(H,23,29). The zero-order valence-electron chi connectivity index (χ0n) is 16.6. The van der Waals surface area contributed by atoms with Crippen LogP contribution in [0.25, 0.3) is 0 Å². The van der Waals surface area contributed by atoms with E-state index in [4.69, 9.17) is 0 Å². The molecule has 2 aliphatic rings. The summed E-state index contributed by atoms with van der Waals surface area (Å²) in [6.45, 7) is 2.30. The number of nitrogens with one attached hydrogen (secondary N) is 1. The molecule has 152 valence electrons. The fraction of sp³-hybridized carbons (Fsp3) is 0.455. The van der Waals surface area contributed by atoms with Gasteiger partial charge in [0.15, 0.2) is 0 Å². The number of anilines is 1. The minimum Gasteiger partial charge on any atom is -0.353 e. The molecule has 7 nitrogen and oxygen atoms in total. The van der Waals surface area contributed by atoms with Crippen molar-refractivity contribution in [1.29, 1.82) is 0 Å². The van der Waals surface area contributed by atoms with Gasteiger partial charge in [0.1, 0.15) is 0 Å². The molecule has 1 saturated carbocycles. The minimum absolute atomic E-state index is 0.00930. The van der Waals surface area contributed by atoms with Gasteiger partial charge in [0, 0.05) is 30.8 Å². The van der Waals surface area contributed by atoms with Crippen LogP contribution in [0.4, 0.5) is 5.69 Å². The molecule has 4 rings (SSSR count). The van der Waals surface area contributed by atoms with Crippen LogP contribution in [0.15, 0.2) is 47.3 Å². The predicted molar refractivity (Wildman–Crippen MR) is 110 cm³/mol. The van der Waals surface area contributed by atoms with Crippen LogP contribution in [-0.2, 0) is 9.59 Å². The van der Waals surface area contributed by atoms with Gasteiger partial charge in [-0.25, -0.2) is 4.68 Å². The lowest BCUT2D eigenvalue weighted by molar-refractivity contribution is -0.127. The topological polar surface area (TPSA) is 84.3 Å². The predicted octanol–water partition coefficient (Wildman–Crippen LogP) is 2.20. The molecule has 2 fully saturated rings. The number of benzene rings is 1. The van der Waals surface area contributed by atoms with Gasteiger partial charge in [-0.15, -0.1) is 0 Å². The normalized spacial score (nSPS) is 24.5.